The third-order valence-electron chi connectivity index (χ3n) is 2.72. The van der Waals surface area contributed by atoms with Gasteiger partial charge in [0.15, 0.2) is 11.5 Å². The molecule has 0 aliphatic carbocycles. The number of rotatable bonds is 1. The Balaban J connectivity index is 2.35. The van der Waals surface area contributed by atoms with Crippen LogP contribution in [0, 0.1) is 6.92 Å². The Hall–Kier alpha value is -1.36. The van der Waals surface area contributed by atoms with Gasteiger partial charge in [-0.2, -0.15) is 0 Å². The van der Waals surface area contributed by atoms with Gasteiger partial charge in [-0.1, -0.05) is 40.9 Å². The Labute approximate surface area is 124 Å². The first-order valence-electron chi connectivity index (χ1n) is 5.40. The quantitative estimate of drug-likeness (QED) is 0.636. The van der Waals surface area contributed by atoms with Gasteiger partial charge in [-0.25, -0.2) is 4.98 Å². The molecule has 2 heterocycles. The fourth-order valence-corrected chi connectivity index (χ4v) is 2.51. The molecule has 0 unspecified atom stereocenters. The molecule has 2 aromatic heterocycles. The van der Waals surface area contributed by atoms with Crippen LogP contribution in [0.25, 0.3) is 17.0 Å². The summed E-state index contributed by atoms with van der Waals surface area (Å²) in [4.78, 5) is 4.18. The van der Waals surface area contributed by atoms with E-state index in [-0.39, 0.29) is 0 Å². The molecule has 3 rings (SSSR count). The van der Waals surface area contributed by atoms with Crippen LogP contribution in [0.4, 0.5) is 0 Å². The van der Waals surface area contributed by atoms with Crippen molar-refractivity contribution in [2.75, 3.05) is 0 Å². The highest BCUT2D eigenvalue weighted by Crippen LogP contribution is 2.33. The van der Waals surface area contributed by atoms with E-state index in [1.807, 2.05) is 19.1 Å². The van der Waals surface area contributed by atoms with E-state index in [9.17, 15) is 0 Å². The number of hydrogen-bond acceptors (Lipinski definition) is 3. The van der Waals surface area contributed by atoms with Crippen molar-refractivity contribution in [3.05, 3.63) is 45.3 Å². The topological polar surface area (TPSA) is 43.1 Å². The van der Waals surface area contributed by atoms with Gasteiger partial charge in [0.1, 0.15) is 11.0 Å². The average Bonchev–Trinajstić information content (AvgIpc) is 2.76. The predicted molar refractivity (Wildman–Crippen MR) is 76.0 cm³/mol. The monoisotopic (exact) mass is 312 g/mol. The fraction of sp³-hybridized carbons (Fsp3) is 0.0833. The summed E-state index contributed by atoms with van der Waals surface area (Å²) < 4.78 is 1.78. The highest BCUT2D eigenvalue weighted by molar-refractivity contribution is 6.43. The summed E-state index contributed by atoms with van der Waals surface area (Å²) in [6, 6.07) is 7.00. The first-order chi connectivity index (χ1) is 9.08. The minimum absolute atomic E-state index is 0.376. The van der Waals surface area contributed by atoms with Gasteiger partial charge in [0.05, 0.1) is 10.0 Å². The Morgan fingerprint density at radius 1 is 1.11 bits per heavy atom. The average molecular weight is 314 g/mol. The van der Waals surface area contributed by atoms with E-state index in [1.54, 1.807) is 16.5 Å². The van der Waals surface area contributed by atoms with Crippen LogP contribution in [0.5, 0.6) is 0 Å². The van der Waals surface area contributed by atoms with Gasteiger partial charge in [-0.3, -0.25) is 4.40 Å². The summed E-state index contributed by atoms with van der Waals surface area (Å²) in [7, 11) is 0. The molecule has 0 saturated carbocycles. The molecule has 96 valence electrons. The van der Waals surface area contributed by atoms with Gasteiger partial charge >= 0.3 is 0 Å². The smallest absolute Gasteiger partial charge is 0.171 e. The summed E-state index contributed by atoms with van der Waals surface area (Å²) in [6.45, 7) is 1.82. The molecule has 0 bridgehead atoms. The maximum atomic E-state index is 6.21. The van der Waals surface area contributed by atoms with E-state index in [0.717, 1.165) is 0 Å². The van der Waals surface area contributed by atoms with Crippen LogP contribution in [0.3, 0.4) is 0 Å². The van der Waals surface area contributed by atoms with Crippen molar-refractivity contribution in [3.63, 3.8) is 0 Å². The second kappa shape index (κ2) is 4.63. The maximum Gasteiger partial charge on any atom is 0.171 e. The summed E-state index contributed by atoms with van der Waals surface area (Å²) in [5, 5.41) is 9.50. The summed E-state index contributed by atoms with van der Waals surface area (Å²) >= 11 is 18.1. The Morgan fingerprint density at radius 3 is 2.68 bits per heavy atom. The SMILES string of the molecule is Cc1nc(Cl)cc2nnc(-c3cccc(Cl)c3Cl)n12. The van der Waals surface area contributed by atoms with Crippen molar-refractivity contribution in [3.8, 4) is 11.4 Å². The molecule has 19 heavy (non-hydrogen) atoms. The molecular weight excluding hydrogens is 307 g/mol. The number of aromatic nitrogens is 4. The lowest BCUT2D eigenvalue weighted by Gasteiger charge is -2.06. The second-order valence-corrected chi connectivity index (χ2v) is 5.12. The molecule has 0 saturated heterocycles. The van der Waals surface area contributed by atoms with Crippen molar-refractivity contribution in [1.82, 2.24) is 19.6 Å². The first-order valence-corrected chi connectivity index (χ1v) is 6.54. The van der Waals surface area contributed by atoms with Crippen LogP contribution in [-0.4, -0.2) is 19.6 Å². The largest absolute Gasteiger partial charge is 0.263 e. The molecule has 0 radical (unpaired) electrons. The Bertz CT molecular complexity index is 782. The summed E-state index contributed by atoms with van der Waals surface area (Å²) in [6.07, 6.45) is 0. The van der Waals surface area contributed by atoms with Crippen molar-refractivity contribution in [2.45, 2.75) is 6.92 Å². The molecule has 0 fully saturated rings. The van der Waals surface area contributed by atoms with Crippen LogP contribution < -0.4 is 0 Å². The minimum atomic E-state index is 0.376. The lowest BCUT2D eigenvalue weighted by molar-refractivity contribution is 0.988. The van der Waals surface area contributed by atoms with Gasteiger partial charge in [0.2, 0.25) is 0 Å². The number of halogens is 3. The van der Waals surface area contributed by atoms with E-state index in [0.29, 0.717) is 38.1 Å². The summed E-state index contributed by atoms with van der Waals surface area (Å²) in [5.41, 5.74) is 1.32. The van der Waals surface area contributed by atoms with E-state index in [4.69, 9.17) is 34.8 Å². The molecule has 0 spiro atoms. The van der Waals surface area contributed by atoms with Crippen LogP contribution in [-0.2, 0) is 0 Å². The van der Waals surface area contributed by atoms with Gasteiger partial charge in [0, 0.05) is 11.6 Å². The maximum absolute atomic E-state index is 6.21. The number of hydrogen-bond donors (Lipinski definition) is 0. The molecular formula is C12H7Cl3N4. The number of aryl methyl sites for hydroxylation is 1. The molecule has 0 aliphatic heterocycles. The predicted octanol–water partition coefficient (Wildman–Crippen LogP) is 4.06. The van der Waals surface area contributed by atoms with E-state index < -0.39 is 0 Å². The normalized spacial score (nSPS) is 11.2. The van der Waals surface area contributed by atoms with Crippen LogP contribution in [0.1, 0.15) is 5.82 Å². The minimum Gasteiger partial charge on any atom is -0.263 e. The third-order valence-corrected chi connectivity index (χ3v) is 3.73. The van der Waals surface area contributed by atoms with Crippen molar-refractivity contribution in [2.24, 2.45) is 0 Å². The zero-order chi connectivity index (χ0) is 13.6. The highest BCUT2D eigenvalue weighted by atomic mass is 35.5. The van der Waals surface area contributed by atoms with E-state index >= 15 is 0 Å². The number of fused-ring (bicyclic) bond motifs is 1. The molecule has 0 amide bonds. The van der Waals surface area contributed by atoms with E-state index in [1.165, 1.54) is 0 Å². The zero-order valence-electron chi connectivity index (χ0n) is 9.73. The standard InChI is InChI=1S/C12H7Cl3N4/c1-6-16-9(14)5-10-17-18-12(19(6)10)7-3-2-4-8(13)11(7)15/h2-5H,1H3. The second-order valence-electron chi connectivity index (χ2n) is 3.94. The molecule has 4 nitrogen and oxygen atoms in total. The van der Waals surface area contributed by atoms with Crippen LogP contribution in [0.2, 0.25) is 15.2 Å². The van der Waals surface area contributed by atoms with Crippen LogP contribution in [0.15, 0.2) is 24.3 Å². The lowest BCUT2D eigenvalue weighted by Crippen LogP contribution is -1.98. The third kappa shape index (κ3) is 2.06. The highest BCUT2D eigenvalue weighted by Gasteiger charge is 2.15. The summed E-state index contributed by atoms with van der Waals surface area (Å²) in [5.74, 6) is 1.27. The lowest BCUT2D eigenvalue weighted by atomic mass is 10.2. The van der Waals surface area contributed by atoms with E-state index in [2.05, 4.69) is 15.2 Å². The number of benzene rings is 1. The van der Waals surface area contributed by atoms with Gasteiger partial charge in [0.25, 0.3) is 0 Å². The molecule has 0 aliphatic rings. The Morgan fingerprint density at radius 2 is 1.89 bits per heavy atom. The Kier molecular flexibility index (Phi) is 3.09. The zero-order valence-corrected chi connectivity index (χ0v) is 12.0. The van der Waals surface area contributed by atoms with Crippen molar-refractivity contribution in [1.29, 1.82) is 0 Å². The van der Waals surface area contributed by atoms with Crippen LogP contribution >= 0.6 is 34.8 Å². The number of nitrogens with zero attached hydrogens (tertiary/aromatic N) is 4. The van der Waals surface area contributed by atoms with Gasteiger partial charge in [-0.05, 0) is 19.1 Å². The van der Waals surface area contributed by atoms with Crippen molar-refractivity contribution < 1.29 is 0 Å². The molecule has 3 aromatic rings. The van der Waals surface area contributed by atoms with Gasteiger partial charge in [-0.15, -0.1) is 10.2 Å². The molecule has 0 atom stereocenters. The molecule has 7 heteroatoms. The molecule has 1 aromatic carbocycles. The molecule has 0 N–H and O–H groups in total. The fourth-order valence-electron chi connectivity index (χ4n) is 1.90. The van der Waals surface area contributed by atoms with Crippen molar-refractivity contribution >= 4 is 40.4 Å². The first kappa shape index (κ1) is 12.7. The van der Waals surface area contributed by atoms with Gasteiger partial charge < -0.3 is 0 Å².